The van der Waals surface area contributed by atoms with Crippen LogP contribution in [0.4, 0.5) is 0 Å². The molecule has 0 bridgehead atoms. The fourth-order valence-electron chi connectivity index (χ4n) is 3.56. The van der Waals surface area contributed by atoms with Crippen molar-refractivity contribution >= 4 is 16.8 Å². The number of hydrogen-bond acceptors (Lipinski definition) is 4. The Bertz CT molecular complexity index is 753. The number of nitrogens with zero attached hydrogens (tertiary/aromatic N) is 1. The highest BCUT2D eigenvalue weighted by atomic mass is 16.5. The van der Waals surface area contributed by atoms with E-state index in [2.05, 4.69) is 4.98 Å². The zero-order valence-electron chi connectivity index (χ0n) is 15.3. The van der Waals surface area contributed by atoms with Crippen molar-refractivity contribution < 1.29 is 19.0 Å². The number of fused-ring (bicyclic) bond motifs is 1. The number of carbonyl (C=O) groups is 1. The summed E-state index contributed by atoms with van der Waals surface area (Å²) in [5.41, 5.74) is 1.54. The quantitative estimate of drug-likeness (QED) is 0.903. The van der Waals surface area contributed by atoms with Gasteiger partial charge in [0.05, 0.1) is 31.8 Å². The van der Waals surface area contributed by atoms with E-state index in [1.807, 2.05) is 43.1 Å². The molecule has 1 atom stereocenters. The lowest BCUT2D eigenvalue weighted by molar-refractivity contribution is -0.168. The Labute approximate surface area is 148 Å². The normalized spacial score (nSPS) is 20.0. The molecule has 0 aliphatic carbocycles. The Morgan fingerprint density at radius 2 is 2.20 bits per heavy atom. The number of benzene rings is 1. The fourth-order valence-corrected chi connectivity index (χ4v) is 3.56. The third-order valence-electron chi connectivity index (χ3n) is 4.50. The van der Waals surface area contributed by atoms with Crippen LogP contribution in [0.25, 0.3) is 10.9 Å². The molecular weight excluding hydrogens is 320 g/mol. The Hall–Kier alpha value is -2.05. The molecule has 6 heteroatoms. The van der Waals surface area contributed by atoms with Crippen LogP contribution in [0.1, 0.15) is 19.4 Å². The van der Waals surface area contributed by atoms with Crippen LogP contribution in [0, 0.1) is 0 Å². The van der Waals surface area contributed by atoms with Gasteiger partial charge in [0.2, 0.25) is 5.91 Å². The number of H-pyrrole nitrogens is 1. The largest absolute Gasteiger partial charge is 0.496 e. The number of morpholine rings is 1. The molecule has 2 aromatic rings. The summed E-state index contributed by atoms with van der Waals surface area (Å²) in [6.07, 6.45) is 2.12. The number of aromatic nitrogens is 1. The van der Waals surface area contributed by atoms with Gasteiger partial charge in [0.25, 0.3) is 0 Å². The second-order valence-corrected chi connectivity index (χ2v) is 7.10. The molecule has 1 aromatic heterocycles. The molecule has 1 aromatic carbocycles. The molecule has 1 aliphatic heterocycles. The van der Waals surface area contributed by atoms with E-state index in [4.69, 9.17) is 14.2 Å². The van der Waals surface area contributed by atoms with E-state index < -0.39 is 0 Å². The Balaban J connectivity index is 1.80. The molecule has 1 fully saturated rings. The first-order valence-electron chi connectivity index (χ1n) is 8.51. The highest BCUT2D eigenvalue weighted by Gasteiger charge is 2.35. The summed E-state index contributed by atoms with van der Waals surface area (Å²) in [6, 6.07) is 5.83. The summed E-state index contributed by atoms with van der Waals surface area (Å²) in [5.74, 6) is 0.866. The lowest BCUT2D eigenvalue weighted by Gasteiger charge is -2.42. The van der Waals surface area contributed by atoms with Gasteiger partial charge in [-0.05, 0) is 31.5 Å². The molecule has 1 amide bonds. The van der Waals surface area contributed by atoms with E-state index in [9.17, 15) is 4.79 Å². The molecular formula is C19H26N2O4. The molecule has 2 heterocycles. The van der Waals surface area contributed by atoms with Crippen molar-refractivity contribution in [3.05, 3.63) is 30.0 Å². The summed E-state index contributed by atoms with van der Waals surface area (Å²) >= 11 is 0. The molecule has 1 N–H and O–H groups in total. The first kappa shape index (κ1) is 17.8. The first-order valence-corrected chi connectivity index (χ1v) is 8.51. The van der Waals surface area contributed by atoms with Gasteiger partial charge >= 0.3 is 0 Å². The van der Waals surface area contributed by atoms with Crippen LogP contribution < -0.4 is 4.74 Å². The van der Waals surface area contributed by atoms with E-state index >= 15 is 0 Å². The van der Waals surface area contributed by atoms with Gasteiger partial charge in [-0.1, -0.05) is 6.07 Å². The maximum Gasteiger partial charge on any atom is 0.227 e. The third-order valence-corrected chi connectivity index (χ3v) is 4.50. The van der Waals surface area contributed by atoms with Gasteiger partial charge in [0.1, 0.15) is 5.75 Å². The van der Waals surface area contributed by atoms with Gasteiger partial charge in [-0.2, -0.15) is 0 Å². The minimum absolute atomic E-state index is 0.0873. The number of amides is 1. The van der Waals surface area contributed by atoms with E-state index in [0.717, 1.165) is 22.2 Å². The standard InChI is InChI=1S/C19H26N2O4/c1-19(2)12-21(10-14(25-19)11-23-3)17(22)8-13-9-20-15-6-5-7-16(24-4)18(13)15/h5-7,9,14,20H,8,10-12H2,1-4H3/t14-/m1/s1. The van der Waals surface area contributed by atoms with E-state index in [1.54, 1.807) is 14.2 Å². The van der Waals surface area contributed by atoms with Crippen molar-refractivity contribution in [2.75, 3.05) is 33.9 Å². The SMILES string of the molecule is COC[C@H]1CN(C(=O)Cc2c[nH]c3cccc(OC)c23)CC(C)(C)O1. The molecule has 1 saturated heterocycles. The maximum absolute atomic E-state index is 12.9. The Morgan fingerprint density at radius 3 is 2.92 bits per heavy atom. The first-order chi connectivity index (χ1) is 11.9. The third kappa shape index (κ3) is 3.80. The lowest BCUT2D eigenvalue weighted by Crippen LogP contribution is -2.56. The van der Waals surface area contributed by atoms with E-state index in [0.29, 0.717) is 26.1 Å². The fraction of sp³-hybridized carbons (Fsp3) is 0.526. The highest BCUT2D eigenvalue weighted by Crippen LogP contribution is 2.29. The van der Waals surface area contributed by atoms with Gasteiger partial charge in [-0.3, -0.25) is 4.79 Å². The smallest absolute Gasteiger partial charge is 0.227 e. The lowest BCUT2D eigenvalue weighted by atomic mass is 10.0. The average molecular weight is 346 g/mol. The van der Waals surface area contributed by atoms with Gasteiger partial charge < -0.3 is 24.1 Å². The zero-order valence-corrected chi connectivity index (χ0v) is 15.3. The molecule has 1 aliphatic rings. The Morgan fingerprint density at radius 1 is 1.40 bits per heavy atom. The van der Waals surface area contributed by atoms with Crippen molar-refractivity contribution in [2.45, 2.75) is 32.0 Å². The summed E-state index contributed by atoms with van der Waals surface area (Å²) in [7, 11) is 3.29. The van der Waals surface area contributed by atoms with Crippen molar-refractivity contribution in [3.63, 3.8) is 0 Å². The van der Waals surface area contributed by atoms with Crippen LogP contribution in [-0.2, 0) is 20.7 Å². The predicted octanol–water partition coefficient (Wildman–Crippen LogP) is 2.37. The Kier molecular flexibility index (Phi) is 5.01. The monoisotopic (exact) mass is 346 g/mol. The molecule has 0 radical (unpaired) electrons. The van der Waals surface area contributed by atoms with Gasteiger partial charge in [0, 0.05) is 37.3 Å². The summed E-state index contributed by atoms with van der Waals surface area (Å²) in [5, 5.41) is 0.972. The zero-order chi connectivity index (χ0) is 18.0. The molecule has 0 saturated carbocycles. The van der Waals surface area contributed by atoms with Gasteiger partial charge in [-0.25, -0.2) is 0 Å². The van der Waals surface area contributed by atoms with Crippen LogP contribution in [0.2, 0.25) is 0 Å². The second kappa shape index (κ2) is 7.06. The number of rotatable bonds is 5. The maximum atomic E-state index is 12.9. The van der Waals surface area contributed by atoms with E-state index in [1.165, 1.54) is 0 Å². The molecule has 25 heavy (non-hydrogen) atoms. The molecule has 136 valence electrons. The average Bonchev–Trinajstić information content (AvgIpc) is 2.97. The number of carbonyl (C=O) groups excluding carboxylic acids is 1. The summed E-state index contributed by atoms with van der Waals surface area (Å²) in [4.78, 5) is 18.0. The number of nitrogens with one attached hydrogen (secondary N) is 1. The predicted molar refractivity (Wildman–Crippen MR) is 96.0 cm³/mol. The van der Waals surface area contributed by atoms with Gasteiger partial charge in [0.15, 0.2) is 0 Å². The topological polar surface area (TPSA) is 63.8 Å². The number of hydrogen-bond donors (Lipinski definition) is 1. The highest BCUT2D eigenvalue weighted by molar-refractivity contribution is 5.93. The van der Waals surface area contributed by atoms with Crippen LogP contribution in [0.15, 0.2) is 24.4 Å². The van der Waals surface area contributed by atoms with Crippen LogP contribution in [0.5, 0.6) is 5.75 Å². The number of ether oxygens (including phenoxy) is 3. The van der Waals surface area contributed by atoms with E-state index in [-0.39, 0.29) is 17.6 Å². The molecule has 6 nitrogen and oxygen atoms in total. The van der Waals surface area contributed by atoms with Crippen LogP contribution in [-0.4, -0.2) is 61.4 Å². The van der Waals surface area contributed by atoms with Crippen molar-refractivity contribution in [3.8, 4) is 5.75 Å². The number of methoxy groups -OCH3 is 2. The summed E-state index contributed by atoms with van der Waals surface area (Å²) < 4.78 is 16.7. The van der Waals surface area contributed by atoms with Crippen LogP contribution >= 0.6 is 0 Å². The second-order valence-electron chi connectivity index (χ2n) is 7.10. The molecule has 0 spiro atoms. The minimum atomic E-state index is -0.380. The van der Waals surface area contributed by atoms with Crippen molar-refractivity contribution in [2.24, 2.45) is 0 Å². The number of aromatic amines is 1. The molecule has 0 unspecified atom stereocenters. The molecule has 3 rings (SSSR count). The van der Waals surface area contributed by atoms with Gasteiger partial charge in [-0.15, -0.1) is 0 Å². The summed E-state index contributed by atoms with van der Waals surface area (Å²) in [6.45, 7) is 5.61. The minimum Gasteiger partial charge on any atom is -0.496 e. The van der Waals surface area contributed by atoms with Crippen molar-refractivity contribution in [1.82, 2.24) is 9.88 Å². The van der Waals surface area contributed by atoms with Crippen molar-refractivity contribution in [1.29, 1.82) is 0 Å². The van der Waals surface area contributed by atoms with Crippen LogP contribution in [0.3, 0.4) is 0 Å².